The fourth-order valence-electron chi connectivity index (χ4n) is 1.92. The first-order chi connectivity index (χ1) is 8.93. The van der Waals surface area contributed by atoms with Crippen LogP contribution < -0.4 is 5.56 Å². The normalized spacial score (nSPS) is 10.7. The van der Waals surface area contributed by atoms with E-state index in [4.69, 9.17) is 0 Å². The van der Waals surface area contributed by atoms with E-state index in [9.17, 15) is 19.3 Å². The van der Waals surface area contributed by atoms with Gasteiger partial charge in [0.05, 0.1) is 11.5 Å². The molecule has 0 saturated heterocycles. The molecule has 0 N–H and O–H groups in total. The molecule has 1 aromatic carbocycles. The van der Waals surface area contributed by atoms with Crippen molar-refractivity contribution in [3.8, 4) is 0 Å². The van der Waals surface area contributed by atoms with Crippen LogP contribution in [0.1, 0.15) is 11.3 Å². The minimum atomic E-state index is -0.728. The van der Waals surface area contributed by atoms with Gasteiger partial charge < -0.3 is 0 Å². The highest BCUT2D eigenvalue weighted by Gasteiger charge is 2.24. The van der Waals surface area contributed by atoms with Crippen LogP contribution in [0.2, 0.25) is 0 Å². The predicted octanol–water partition coefficient (Wildman–Crippen LogP) is 1.59. The minimum Gasteiger partial charge on any atom is -0.283 e. The SMILES string of the molecule is Cc1c([N+](=O)[O-])c(=O)n(Cc2ccccc2F)n1C. The second kappa shape index (κ2) is 4.68. The van der Waals surface area contributed by atoms with E-state index in [1.165, 1.54) is 30.8 Å². The Morgan fingerprint density at radius 1 is 1.37 bits per heavy atom. The third-order valence-corrected chi connectivity index (χ3v) is 3.09. The average molecular weight is 265 g/mol. The van der Waals surface area contributed by atoms with Crippen molar-refractivity contribution in [3.05, 3.63) is 61.8 Å². The van der Waals surface area contributed by atoms with E-state index in [1.54, 1.807) is 12.1 Å². The molecule has 0 aliphatic carbocycles. The Kier molecular flexibility index (Phi) is 3.20. The van der Waals surface area contributed by atoms with Gasteiger partial charge in [-0.15, -0.1) is 0 Å². The molecular weight excluding hydrogens is 253 g/mol. The smallest absolute Gasteiger partial charge is 0.283 e. The van der Waals surface area contributed by atoms with Gasteiger partial charge in [-0.05, 0) is 13.0 Å². The van der Waals surface area contributed by atoms with E-state index in [2.05, 4.69) is 0 Å². The molecule has 0 amide bonds. The maximum atomic E-state index is 13.5. The summed E-state index contributed by atoms with van der Waals surface area (Å²) in [5, 5.41) is 10.8. The maximum Gasteiger partial charge on any atom is 0.355 e. The monoisotopic (exact) mass is 265 g/mol. The number of aromatic nitrogens is 2. The van der Waals surface area contributed by atoms with E-state index in [0.717, 1.165) is 4.68 Å². The van der Waals surface area contributed by atoms with E-state index < -0.39 is 22.0 Å². The van der Waals surface area contributed by atoms with E-state index in [1.807, 2.05) is 0 Å². The van der Waals surface area contributed by atoms with Crippen molar-refractivity contribution in [2.24, 2.45) is 7.05 Å². The fraction of sp³-hybridized carbons (Fsp3) is 0.250. The first-order valence-corrected chi connectivity index (χ1v) is 5.57. The molecule has 100 valence electrons. The van der Waals surface area contributed by atoms with Crippen molar-refractivity contribution >= 4 is 5.69 Å². The van der Waals surface area contributed by atoms with Crippen LogP contribution in [-0.2, 0) is 13.6 Å². The third-order valence-electron chi connectivity index (χ3n) is 3.09. The number of benzene rings is 1. The first kappa shape index (κ1) is 13.0. The first-order valence-electron chi connectivity index (χ1n) is 5.57. The summed E-state index contributed by atoms with van der Waals surface area (Å²) < 4.78 is 16.1. The molecule has 0 aliphatic heterocycles. The fourth-order valence-corrected chi connectivity index (χ4v) is 1.92. The average Bonchev–Trinajstić information content (AvgIpc) is 2.56. The quantitative estimate of drug-likeness (QED) is 0.625. The van der Waals surface area contributed by atoms with Gasteiger partial charge in [0.15, 0.2) is 0 Å². The van der Waals surface area contributed by atoms with Crippen LogP contribution in [0.3, 0.4) is 0 Å². The lowest BCUT2D eigenvalue weighted by molar-refractivity contribution is -0.386. The summed E-state index contributed by atoms with van der Waals surface area (Å²) >= 11 is 0. The molecule has 6 nitrogen and oxygen atoms in total. The van der Waals surface area contributed by atoms with Crippen LogP contribution >= 0.6 is 0 Å². The zero-order valence-corrected chi connectivity index (χ0v) is 10.5. The topological polar surface area (TPSA) is 70.1 Å². The second-order valence-electron chi connectivity index (χ2n) is 4.17. The summed E-state index contributed by atoms with van der Waals surface area (Å²) in [7, 11) is 1.53. The molecule has 0 bridgehead atoms. The van der Waals surface area contributed by atoms with Crippen LogP contribution in [0, 0.1) is 22.9 Å². The lowest BCUT2D eigenvalue weighted by Gasteiger charge is -2.08. The van der Waals surface area contributed by atoms with E-state index >= 15 is 0 Å². The van der Waals surface area contributed by atoms with Crippen molar-refractivity contribution in [1.82, 2.24) is 9.36 Å². The van der Waals surface area contributed by atoms with Crippen molar-refractivity contribution in [3.63, 3.8) is 0 Å². The summed E-state index contributed by atoms with van der Waals surface area (Å²) in [6, 6.07) is 6.01. The van der Waals surface area contributed by atoms with E-state index in [-0.39, 0.29) is 12.2 Å². The van der Waals surface area contributed by atoms with Crippen LogP contribution in [0.5, 0.6) is 0 Å². The Balaban J connectivity index is 2.54. The standard InChI is InChI=1S/C12H12FN3O3/c1-8-11(16(18)19)12(17)15(14(8)2)7-9-5-3-4-6-10(9)13/h3-6H,7H2,1-2H3. The van der Waals surface area contributed by atoms with Gasteiger partial charge >= 0.3 is 11.2 Å². The number of rotatable bonds is 3. The summed E-state index contributed by atoms with van der Waals surface area (Å²) in [6.07, 6.45) is 0. The Labute approximate surface area is 107 Å². The molecule has 1 aromatic heterocycles. The van der Waals surface area contributed by atoms with Gasteiger partial charge in [0.2, 0.25) is 0 Å². The Morgan fingerprint density at radius 2 is 2.00 bits per heavy atom. The second-order valence-corrected chi connectivity index (χ2v) is 4.17. The molecule has 1 heterocycles. The lowest BCUT2D eigenvalue weighted by Crippen LogP contribution is -2.23. The molecule has 2 aromatic rings. The molecule has 0 fully saturated rings. The zero-order chi connectivity index (χ0) is 14.2. The van der Waals surface area contributed by atoms with Gasteiger partial charge in [0.1, 0.15) is 11.5 Å². The summed E-state index contributed by atoms with van der Waals surface area (Å²) in [4.78, 5) is 22.1. The van der Waals surface area contributed by atoms with Gasteiger partial charge in [-0.3, -0.25) is 19.6 Å². The molecule has 0 unspecified atom stereocenters. The molecule has 19 heavy (non-hydrogen) atoms. The summed E-state index contributed by atoms with van der Waals surface area (Å²) in [5.74, 6) is -0.448. The lowest BCUT2D eigenvalue weighted by atomic mass is 10.2. The molecule has 0 aliphatic rings. The van der Waals surface area contributed by atoms with Crippen LogP contribution in [0.15, 0.2) is 29.1 Å². The van der Waals surface area contributed by atoms with Crippen molar-refractivity contribution in [1.29, 1.82) is 0 Å². The summed E-state index contributed by atoms with van der Waals surface area (Å²) in [5.41, 5.74) is -0.654. The van der Waals surface area contributed by atoms with Crippen LogP contribution in [0.25, 0.3) is 0 Å². The van der Waals surface area contributed by atoms with Crippen molar-refractivity contribution in [2.45, 2.75) is 13.5 Å². The zero-order valence-electron chi connectivity index (χ0n) is 10.5. The minimum absolute atomic E-state index is 0.0450. The molecule has 0 saturated carbocycles. The number of hydrogen-bond acceptors (Lipinski definition) is 3. The maximum absolute atomic E-state index is 13.5. The number of nitro groups is 1. The van der Waals surface area contributed by atoms with Gasteiger partial charge in [-0.1, -0.05) is 18.2 Å². The van der Waals surface area contributed by atoms with Gasteiger partial charge in [0, 0.05) is 12.6 Å². The number of nitrogens with zero attached hydrogens (tertiary/aromatic N) is 3. The van der Waals surface area contributed by atoms with Gasteiger partial charge in [-0.25, -0.2) is 9.07 Å². The van der Waals surface area contributed by atoms with Gasteiger partial charge in [0.25, 0.3) is 0 Å². The van der Waals surface area contributed by atoms with Crippen molar-refractivity contribution in [2.75, 3.05) is 0 Å². The Bertz CT molecular complexity index is 703. The molecule has 0 atom stereocenters. The summed E-state index contributed by atoms with van der Waals surface area (Å²) in [6.45, 7) is 1.44. The number of hydrogen-bond donors (Lipinski definition) is 0. The highest BCUT2D eigenvalue weighted by atomic mass is 19.1. The highest BCUT2D eigenvalue weighted by Crippen LogP contribution is 2.14. The predicted molar refractivity (Wildman–Crippen MR) is 66.6 cm³/mol. The van der Waals surface area contributed by atoms with Crippen molar-refractivity contribution < 1.29 is 9.31 Å². The van der Waals surface area contributed by atoms with Crippen LogP contribution in [-0.4, -0.2) is 14.3 Å². The molecule has 0 spiro atoms. The molecule has 2 rings (SSSR count). The molecule has 7 heteroatoms. The van der Waals surface area contributed by atoms with Crippen LogP contribution in [0.4, 0.5) is 10.1 Å². The largest absolute Gasteiger partial charge is 0.355 e. The Hall–Kier alpha value is -2.44. The number of halogens is 1. The third kappa shape index (κ3) is 2.14. The molecular formula is C12H12FN3O3. The molecule has 0 radical (unpaired) electrons. The Morgan fingerprint density at radius 3 is 2.53 bits per heavy atom. The highest BCUT2D eigenvalue weighted by molar-refractivity contribution is 5.33. The van der Waals surface area contributed by atoms with Gasteiger partial charge in [-0.2, -0.15) is 0 Å². The van der Waals surface area contributed by atoms with E-state index in [0.29, 0.717) is 5.56 Å².